The third-order valence-corrected chi connectivity index (χ3v) is 4.79. The van der Waals surface area contributed by atoms with Crippen molar-refractivity contribution in [3.8, 4) is 11.5 Å². The van der Waals surface area contributed by atoms with Crippen LogP contribution in [0.3, 0.4) is 0 Å². The number of carbonyl (C=O) groups excluding carboxylic acids is 2. The quantitative estimate of drug-likeness (QED) is 0.573. The Morgan fingerprint density at radius 1 is 1.25 bits per heavy atom. The topological polar surface area (TPSA) is 81.4 Å². The Labute approximate surface area is 165 Å². The molecule has 6 heteroatoms. The van der Waals surface area contributed by atoms with Gasteiger partial charge in [-0.2, -0.15) is 0 Å². The molecular formula is C22H26N2O4. The van der Waals surface area contributed by atoms with Gasteiger partial charge in [-0.05, 0) is 58.1 Å². The monoisotopic (exact) mass is 382 g/mol. The normalized spacial score (nSPS) is 14.9. The van der Waals surface area contributed by atoms with Gasteiger partial charge in [0, 0.05) is 12.1 Å². The van der Waals surface area contributed by atoms with Crippen LogP contribution >= 0.6 is 0 Å². The van der Waals surface area contributed by atoms with Crippen LogP contribution in [-0.2, 0) is 9.53 Å². The molecule has 0 saturated carbocycles. The van der Waals surface area contributed by atoms with Gasteiger partial charge in [0.2, 0.25) is 5.89 Å². The number of esters is 1. The summed E-state index contributed by atoms with van der Waals surface area (Å²) in [5, 5.41) is 2.83. The van der Waals surface area contributed by atoms with E-state index in [-0.39, 0.29) is 11.6 Å². The van der Waals surface area contributed by atoms with E-state index >= 15 is 0 Å². The van der Waals surface area contributed by atoms with Crippen LogP contribution in [0.25, 0.3) is 11.5 Å². The summed E-state index contributed by atoms with van der Waals surface area (Å²) in [6, 6.07) is 9.31. The Morgan fingerprint density at radius 2 is 2.04 bits per heavy atom. The van der Waals surface area contributed by atoms with Crippen molar-refractivity contribution in [1.82, 2.24) is 10.3 Å². The van der Waals surface area contributed by atoms with Crippen LogP contribution in [0.5, 0.6) is 0 Å². The predicted molar refractivity (Wildman–Crippen MR) is 106 cm³/mol. The molecule has 0 unspecified atom stereocenters. The largest absolute Gasteiger partial charge is 0.448 e. The summed E-state index contributed by atoms with van der Waals surface area (Å²) < 4.78 is 10.9. The molecule has 1 aromatic carbocycles. The first-order valence-electron chi connectivity index (χ1n) is 9.74. The van der Waals surface area contributed by atoms with Crippen molar-refractivity contribution in [1.29, 1.82) is 0 Å². The highest BCUT2D eigenvalue weighted by Gasteiger charge is 2.24. The van der Waals surface area contributed by atoms with E-state index in [2.05, 4.69) is 16.4 Å². The average molecular weight is 382 g/mol. The number of benzene rings is 1. The third-order valence-electron chi connectivity index (χ3n) is 4.79. The number of hydrogen-bond acceptors (Lipinski definition) is 5. The minimum absolute atomic E-state index is 0.0888. The molecule has 0 fully saturated rings. The molecule has 6 nitrogen and oxygen atoms in total. The van der Waals surface area contributed by atoms with E-state index in [9.17, 15) is 9.59 Å². The molecule has 1 heterocycles. The second kappa shape index (κ2) is 9.35. The molecule has 3 rings (SSSR count). The summed E-state index contributed by atoms with van der Waals surface area (Å²) in [6.07, 6.45) is 6.90. The van der Waals surface area contributed by atoms with Crippen molar-refractivity contribution in [3.05, 3.63) is 53.4 Å². The summed E-state index contributed by atoms with van der Waals surface area (Å²) in [6.45, 7) is 3.76. The number of rotatable bonds is 7. The highest BCUT2D eigenvalue weighted by Crippen LogP contribution is 2.22. The van der Waals surface area contributed by atoms with Crippen LogP contribution in [0.1, 0.15) is 55.3 Å². The van der Waals surface area contributed by atoms with E-state index in [1.54, 1.807) is 13.8 Å². The van der Waals surface area contributed by atoms with Gasteiger partial charge < -0.3 is 14.5 Å². The summed E-state index contributed by atoms with van der Waals surface area (Å²) in [5.74, 6) is -0.265. The lowest BCUT2D eigenvalue weighted by Gasteiger charge is -2.15. The molecule has 1 aliphatic rings. The van der Waals surface area contributed by atoms with Gasteiger partial charge >= 0.3 is 5.97 Å². The van der Waals surface area contributed by atoms with Crippen LogP contribution in [0.4, 0.5) is 0 Å². The van der Waals surface area contributed by atoms with Crippen molar-refractivity contribution in [2.24, 2.45) is 0 Å². The van der Waals surface area contributed by atoms with E-state index in [4.69, 9.17) is 9.15 Å². The number of allylic oxidation sites excluding steroid dienone is 1. The summed E-state index contributed by atoms with van der Waals surface area (Å²) >= 11 is 0. The molecule has 1 aliphatic carbocycles. The minimum atomic E-state index is -0.899. The van der Waals surface area contributed by atoms with Gasteiger partial charge in [-0.1, -0.05) is 29.8 Å². The number of oxazole rings is 1. The summed E-state index contributed by atoms with van der Waals surface area (Å²) in [7, 11) is 0. The van der Waals surface area contributed by atoms with Gasteiger partial charge in [-0.3, -0.25) is 4.79 Å². The first kappa shape index (κ1) is 19.9. The number of nitrogens with one attached hydrogen (secondary N) is 1. The first-order chi connectivity index (χ1) is 13.5. The van der Waals surface area contributed by atoms with Gasteiger partial charge in [0.1, 0.15) is 5.76 Å². The Bertz CT molecular complexity index is 855. The zero-order valence-corrected chi connectivity index (χ0v) is 16.4. The van der Waals surface area contributed by atoms with Gasteiger partial charge in [-0.15, -0.1) is 0 Å². The van der Waals surface area contributed by atoms with E-state index in [1.807, 2.05) is 30.3 Å². The number of aromatic nitrogens is 1. The van der Waals surface area contributed by atoms with Crippen LogP contribution in [0.15, 0.2) is 46.4 Å². The standard InChI is InChI=1S/C22H26N2O4/c1-15-19(24-21(27-15)18-11-7-4-8-12-18)22(26)28-16(2)20(25)23-14-13-17-9-5-3-6-10-17/h4,7-9,11-12,16H,3,5-6,10,13-14H2,1-2H3,(H,23,25)/t16-/m0/s1. The Morgan fingerprint density at radius 3 is 2.75 bits per heavy atom. The maximum atomic E-state index is 12.4. The lowest BCUT2D eigenvalue weighted by atomic mass is 9.97. The minimum Gasteiger partial charge on any atom is -0.448 e. The molecule has 0 bridgehead atoms. The summed E-state index contributed by atoms with van der Waals surface area (Å²) in [5.41, 5.74) is 2.25. The van der Waals surface area contributed by atoms with E-state index in [0.717, 1.165) is 24.8 Å². The van der Waals surface area contributed by atoms with Crippen LogP contribution in [0, 0.1) is 6.92 Å². The fraction of sp³-hybridized carbons (Fsp3) is 0.409. The first-order valence-corrected chi connectivity index (χ1v) is 9.74. The van der Waals surface area contributed by atoms with Crippen LogP contribution in [0.2, 0.25) is 0 Å². The number of carbonyl (C=O) groups is 2. The molecule has 0 saturated heterocycles. The molecule has 1 N–H and O–H groups in total. The molecule has 148 valence electrons. The number of ether oxygens (including phenoxy) is 1. The van der Waals surface area contributed by atoms with E-state index in [0.29, 0.717) is 18.2 Å². The van der Waals surface area contributed by atoms with Crippen molar-refractivity contribution in [2.75, 3.05) is 6.54 Å². The molecular weight excluding hydrogens is 356 g/mol. The predicted octanol–water partition coefficient (Wildman–Crippen LogP) is 4.20. The smallest absolute Gasteiger partial charge is 0.361 e. The zero-order chi connectivity index (χ0) is 19.9. The fourth-order valence-corrected chi connectivity index (χ4v) is 3.18. The van der Waals surface area contributed by atoms with Gasteiger partial charge in [0.05, 0.1) is 0 Å². The maximum Gasteiger partial charge on any atom is 0.361 e. The highest BCUT2D eigenvalue weighted by molar-refractivity contribution is 5.91. The molecule has 2 aromatic rings. The van der Waals surface area contributed by atoms with E-state index in [1.165, 1.54) is 18.4 Å². The van der Waals surface area contributed by atoms with Crippen molar-refractivity contribution in [2.45, 2.75) is 52.1 Å². The van der Waals surface area contributed by atoms with Crippen LogP contribution < -0.4 is 5.32 Å². The zero-order valence-electron chi connectivity index (χ0n) is 16.4. The lowest BCUT2D eigenvalue weighted by molar-refractivity contribution is -0.129. The SMILES string of the molecule is Cc1oc(-c2ccccc2)nc1C(=O)O[C@@H](C)C(=O)NCCC1=CCCCC1. The van der Waals surface area contributed by atoms with Crippen LogP contribution in [-0.4, -0.2) is 29.5 Å². The number of hydrogen-bond donors (Lipinski definition) is 1. The fourth-order valence-electron chi connectivity index (χ4n) is 3.18. The van der Waals surface area contributed by atoms with Gasteiger partial charge in [0.15, 0.2) is 11.8 Å². The number of nitrogens with zero attached hydrogens (tertiary/aromatic N) is 1. The Kier molecular flexibility index (Phi) is 6.63. The van der Waals surface area contributed by atoms with Crippen molar-refractivity contribution < 1.29 is 18.7 Å². The Hall–Kier alpha value is -2.89. The van der Waals surface area contributed by atoms with Crippen molar-refractivity contribution >= 4 is 11.9 Å². The average Bonchev–Trinajstić information content (AvgIpc) is 3.11. The molecule has 0 aliphatic heterocycles. The number of amides is 1. The second-order valence-corrected chi connectivity index (χ2v) is 6.99. The highest BCUT2D eigenvalue weighted by atomic mass is 16.5. The molecule has 1 atom stereocenters. The third kappa shape index (κ3) is 5.09. The molecule has 0 radical (unpaired) electrons. The molecule has 1 aromatic heterocycles. The van der Waals surface area contributed by atoms with E-state index < -0.39 is 12.1 Å². The number of aryl methyl sites for hydroxylation is 1. The lowest BCUT2D eigenvalue weighted by Crippen LogP contribution is -2.36. The molecule has 1 amide bonds. The summed E-state index contributed by atoms with van der Waals surface area (Å²) in [4.78, 5) is 28.9. The molecule has 0 spiro atoms. The maximum absolute atomic E-state index is 12.4. The van der Waals surface area contributed by atoms with Gasteiger partial charge in [0.25, 0.3) is 5.91 Å². The van der Waals surface area contributed by atoms with Gasteiger partial charge in [-0.25, -0.2) is 9.78 Å². The second-order valence-electron chi connectivity index (χ2n) is 6.99. The van der Waals surface area contributed by atoms with Crippen molar-refractivity contribution in [3.63, 3.8) is 0 Å². The molecule has 28 heavy (non-hydrogen) atoms. The Balaban J connectivity index is 1.53.